The van der Waals surface area contributed by atoms with Gasteiger partial charge < -0.3 is 5.32 Å². The smallest absolute Gasteiger partial charge is 0.0964 e. The van der Waals surface area contributed by atoms with Crippen LogP contribution in [0.3, 0.4) is 0 Å². The molecule has 21 heavy (non-hydrogen) atoms. The SMILES string of the molecule is c1cc2c(cc1-c1csc(C3CCNCC3)n1)CCCC2. The highest BCUT2D eigenvalue weighted by atomic mass is 32.1. The minimum atomic E-state index is 0.669. The third-order valence-corrected chi connectivity index (χ3v) is 5.86. The van der Waals surface area contributed by atoms with Gasteiger partial charge in [-0.15, -0.1) is 11.3 Å². The van der Waals surface area contributed by atoms with E-state index in [9.17, 15) is 0 Å². The molecule has 0 unspecified atom stereocenters. The molecule has 1 N–H and O–H groups in total. The largest absolute Gasteiger partial charge is 0.317 e. The molecule has 0 radical (unpaired) electrons. The van der Waals surface area contributed by atoms with Crippen molar-refractivity contribution in [1.82, 2.24) is 10.3 Å². The number of thiazole rings is 1. The summed E-state index contributed by atoms with van der Waals surface area (Å²) in [5, 5.41) is 7.02. The number of rotatable bonds is 2. The molecule has 4 rings (SSSR count). The molecule has 3 heteroatoms. The molecule has 2 heterocycles. The minimum absolute atomic E-state index is 0.669. The number of hydrogen-bond donors (Lipinski definition) is 1. The number of nitrogens with one attached hydrogen (secondary N) is 1. The molecule has 2 nitrogen and oxygen atoms in total. The summed E-state index contributed by atoms with van der Waals surface area (Å²) in [6.07, 6.45) is 7.66. The van der Waals surface area contributed by atoms with Crippen LogP contribution in [0.2, 0.25) is 0 Å². The Morgan fingerprint density at radius 1 is 1.05 bits per heavy atom. The van der Waals surface area contributed by atoms with Crippen LogP contribution in [0.1, 0.15) is 47.7 Å². The molecule has 110 valence electrons. The third kappa shape index (κ3) is 2.77. The van der Waals surface area contributed by atoms with Gasteiger partial charge in [0.25, 0.3) is 0 Å². The molecule has 1 aliphatic carbocycles. The van der Waals surface area contributed by atoms with Crippen LogP contribution in [0.4, 0.5) is 0 Å². The van der Waals surface area contributed by atoms with E-state index in [2.05, 4.69) is 28.9 Å². The van der Waals surface area contributed by atoms with E-state index in [4.69, 9.17) is 4.98 Å². The van der Waals surface area contributed by atoms with Gasteiger partial charge in [-0.1, -0.05) is 12.1 Å². The Bertz CT molecular complexity index is 626. The standard InChI is InChI=1S/C18H22N2S/c1-2-4-15-11-16(6-5-13(15)3-1)17-12-21-18(20-17)14-7-9-19-10-8-14/h5-6,11-12,14,19H,1-4,7-10H2. The third-order valence-electron chi connectivity index (χ3n) is 4.85. The zero-order chi connectivity index (χ0) is 14.1. The molecule has 1 aromatic carbocycles. The van der Waals surface area contributed by atoms with Crippen molar-refractivity contribution in [1.29, 1.82) is 0 Å². The summed E-state index contributed by atoms with van der Waals surface area (Å²) in [5.41, 5.74) is 5.60. The predicted molar refractivity (Wildman–Crippen MR) is 89.0 cm³/mol. The number of fused-ring (bicyclic) bond motifs is 1. The second kappa shape index (κ2) is 5.90. The summed E-state index contributed by atoms with van der Waals surface area (Å²) >= 11 is 1.85. The summed E-state index contributed by atoms with van der Waals surface area (Å²) in [7, 11) is 0. The molecule has 1 aliphatic heterocycles. The van der Waals surface area contributed by atoms with Crippen molar-refractivity contribution in [3.8, 4) is 11.3 Å². The molecule has 0 spiro atoms. The topological polar surface area (TPSA) is 24.9 Å². The average molecular weight is 298 g/mol. The van der Waals surface area contributed by atoms with Crippen molar-refractivity contribution in [3.05, 3.63) is 39.7 Å². The van der Waals surface area contributed by atoms with Gasteiger partial charge in [-0.3, -0.25) is 0 Å². The number of nitrogens with zero attached hydrogens (tertiary/aromatic N) is 1. The van der Waals surface area contributed by atoms with Crippen LogP contribution in [-0.4, -0.2) is 18.1 Å². The van der Waals surface area contributed by atoms with Crippen LogP contribution in [0.15, 0.2) is 23.6 Å². The monoisotopic (exact) mass is 298 g/mol. The van der Waals surface area contributed by atoms with Gasteiger partial charge in [0.05, 0.1) is 10.7 Å². The van der Waals surface area contributed by atoms with E-state index in [1.807, 2.05) is 11.3 Å². The number of aryl methyl sites for hydroxylation is 2. The fourth-order valence-electron chi connectivity index (χ4n) is 3.57. The van der Waals surface area contributed by atoms with Gasteiger partial charge in [-0.25, -0.2) is 4.98 Å². The van der Waals surface area contributed by atoms with E-state index in [-0.39, 0.29) is 0 Å². The Labute approximate surface area is 130 Å². The molecule has 1 fully saturated rings. The number of aromatic nitrogens is 1. The first-order valence-corrected chi connectivity index (χ1v) is 9.06. The van der Waals surface area contributed by atoms with E-state index in [1.165, 1.54) is 54.8 Å². The Hall–Kier alpha value is -1.19. The minimum Gasteiger partial charge on any atom is -0.317 e. The molecule has 2 aliphatic rings. The predicted octanol–water partition coefficient (Wildman–Crippen LogP) is 4.16. The van der Waals surface area contributed by atoms with Crippen molar-refractivity contribution in [3.63, 3.8) is 0 Å². The molecular weight excluding hydrogens is 276 g/mol. The number of piperidine rings is 1. The van der Waals surface area contributed by atoms with Gasteiger partial charge in [0.2, 0.25) is 0 Å². The Balaban J connectivity index is 1.60. The van der Waals surface area contributed by atoms with Crippen LogP contribution >= 0.6 is 11.3 Å². The van der Waals surface area contributed by atoms with E-state index in [1.54, 1.807) is 11.1 Å². The van der Waals surface area contributed by atoms with Gasteiger partial charge >= 0.3 is 0 Å². The van der Waals surface area contributed by atoms with Crippen molar-refractivity contribution in [2.24, 2.45) is 0 Å². The molecule has 2 aromatic rings. The van der Waals surface area contributed by atoms with Crippen molar-refractivity contribution < 1.29 is 0 Å². The summed E-state index contributed by atoms with van der Waals surface area (Å²) in [5.74, 6) is 0.669. The molecule has 0 saturated carbocycles. The zero-order valence-corrected chi connectivity index (χ0v) is 13.2. The molecule has 0 bridgehead atoms. The summed E-state index contributed by atoms with van der Waals surface area (Å²) in [6.45, 7) is 2.27. The molecule has 1 aromatic heterocycles. The van der Waals surface area contributed by atoms with E-state index < -0.39 is 0 Å². The second-order valence-electron chi connectivity index (χ2n) is 6.29. The maximum absolute atomic E-state index is 4.94. The quantitative estimate of drug-likeness (QED) is 0.900. The van der Waals surface area contributed by atoms with Crippen LogP contribution in [0.25, 0.3) is 11.3 Å². The van der Waals surface area contributed by atoms with E-state index in [0.29, 0.717) is 5.92 Å². The van der Waals surface area contributed by atoms with Gasteiger partial charge in [0.15, 0.2) is 0 Å². The Morgan fingerprint density at radius 3 is 2.71 bits per heavy atom. The van der Waals surface area contributed by atoms with Crippen LogP contribution in [0.5, 0.6) is 0 Å². The lowest BCUT2D eigenvalue weighted by Gasteiger charge is -2.20. The van der Waals surface area contributed by atoms with Gasteiger partial charge in [0, 0.05) is 16.9 Å². The van der Waals surface area contributed by atoms with E-state index >= 15 is 0 Å². The molecule has 0 atom stereocenters. The number of benzene rings is 1. The van der Waals surface area contributed by atoms with Crippen LogP contribution < -0.4 is 5.32 Å². The maximum Gasteiger partial charge on any atom is 0.0964 e. The highest BCUT2D eigenvalue weighted by Crippen LogP contribution is 2.32. The maximum atomic E-state index is 4.94. The summed E-state index contributed by atoms with van der Waals surface area (Å²) < 4.78 is 0. The normalized spacial score (nSPS) is 19.4. The lowest BCUT2D eigenvalue weighted by molar-refractivity contribution is 0.459. The van der Waals surface area contributed by atoms with Gasteiger partial charge in [0.1, 0.15) is 0 Å². The Kier molecular flexibility index (Phi) is 3.78. The lowest BCUT2D eigenvalue weighted by Crippen LogP contribution is -2.26. The van der Waals surface area contributed by atoms with Crippen molar-refractivity contribution in [2.45, 2.75) is 44.4 Å². The highest BCUT2D eigenvalue weighted by Gasteiger charge is 2.19. The first kappa shape index (κ1) is 13.5. The molecule has 1 saturated heterocycles. The van der Waals surface area contributed by atoms with Crippen LogP contribution in [-0.2, 0) is 12.8 Å². The van der Waals surface area contributed by atoms with Crippen LogP contribution in [0, 0.1) is 0 Å². The first-order chi connectivity index (χ1) is 10.4. The van der Waals surface area contributed by atoms with Gasteiger partial charge in [-0.05, 0) is 68.8 Å². The molecular formula is C18H22N2S. The van der Waals surface area contributed by atoms with Crippen molar-refractivity contribution in [2.75, 3.05) is 13.1 Å². The zero-order valence-electron chi connectivity index (χ0n) is 12.4. The first-order valence-electron chi connectivity index (χ1n) is 8.18. The highest BCUT2D eigenvalue weighted by molar-refractivity contribution is 7.10. The Morgan fingerprint density at radius 2 is 1.86 bits per heavy atom. The number of hydrogen-bond acceptors (Lipinski definition) is 3. The van der Waals surface area contributed by atoms with Gasteiger partial charge in [-0.2, -0.15) is 0 Å². The lowest BCUT2D eigenvalue weighted by atomic mass is 9.90. The summed E-state index contributed by atoms with van der Waals surface area (Å²) in [4.78, 5) is 4.94. The second-order valence-corrected chi connectivity index (χ2v) is 7.18. The fraction of sp³-hybridized carbons (Fsp3) is 0.500. The fourth-order valence-corrected chi connectivity index (χ4v) is 4.57. The summed E-state index contributed by atoms with van der Waals surface area (Å²) in [6, 6.07) is 6.98. The molecule has 0 amide bonds. The average Bonchev–Trinajstić information content (AvgIpc) is 3.05. The van der Waals surface area contributed by atoms with Crippen molar-refractivity contribution >= 4 is 11.3 Å². The van der Waals surface area contributed by atoms with E-state index in [0.717, 1.165) is 13.1 Å².